The second-order valence-electron chi connectivity index (χ2n) is 4.41. The van der Waals surface area contributed by atoms with E-state index < -0.39 is 12.0 Å². The molecule has 2 N–H and O–H groups in total. The van der Waals surface area contributed by atoms with Crippen molar-refractivity contribution < 1.29 is 9.90 Å². The number of nitrogens with zero attached hydrogens (tertiary/aromatic N) is 2. The average molecular weight is 259 g/mol. The predicted molar refractivity (Wildman–Crippen MR) is 71.2 cm³/mol. The number of aryl methyl sites for hydroxylation is 1. The molecule has 0 radical (unpaired) electrons. The first-order valence-electron chi connectivity index (χ1n) is 6.08. The lowest BCUT2D eigenvalue weighted by molar-refractivity contribution is -0.129. The van der Waals surface area contributed by atoms with E-state index in [4.69, 9.17) is 0 Å². The lowest BCUT2D eigenvalue weighted by Gasteiger charge is -2.11. The predicted octanol–water partition coefficient (Wildman–Crippen LogP) is 1.08. The van der Waals surface area contributed by atoms with Gasteiger partial charge in [-0.25, -0.2) is 0 Å². The monoisotopic (exact) mass is 259 g/mol. The Kier molecular flexibility index (Phi) is 3.97. The van der Waals surface area contributed by atoms with Gasteiger partial charge in [-0.15, -0.1) is 0 Å². The quantitative estimate of drug-likeness (QED) is 0.863. The van der Waals surface area contributed by atoms with Crippen molar-refractivity contribution in [3.63, 3.8) is 0 Å². The fraction of sp³-hybridized carbons (Fsp3) is 0.286. The number of aromatic nitrogens is 2. The minimum atomic E-state index is -1.14. The third-order valence-electron chi connectivity index (χ3n) is 3.15. The van der Waals surface area contributed by atoms with E-state index in [0.717, 1.165) is 11.3 Å². The van der Waals surface area contributed by atoms with Gasteiger partial charge in [-0.1, -0.05) is 30.3 Å². The zero-order valence-corrected chi connectivity index (χ0v) is 11.0. The summed E-state index contributed by atoms with van der Waals surface area (Å²) in [6.07, 6.45) is 0.572. The summed E-state index contributed by atoms with van der Waals surface area (Å²) >= 11 is 0. The van der Waals surface area contributed by atoms with Gasteiger partial charge in [0.25, 0.3) is 5.91 Å². The fourth-order valence-corrected chi connectivity index (χ4v) is 1.78. The first-order chi connectivity index (χ1) is 9.09. The highest BCUT2D eigenvalue weighted by molar-refractivity contribution is 5.81. The minimum Gasteiger partial charge on any atom is -0.378 e. The molecule has 0 aliphatic rings. The normalized spacial score (nSPS) is 12.2. The molecule has 0 aliphatic carbocycles. The number of hydrogen-bond donors (Lipinski definition) is 2. The number of aliphatic hydroxyl groups is 1. The lowest BCUT2D eigenvalue weighted by atomic mass is 10.1. The molecule has 5 nitrogen and oxygen atoms in total. The molecule has 0 saturated carbocycles. The zero-order valence-electron chi connectivity index (χ0n) is 11.0. The molecule has 2 rings (SSSR count). The second kappa shape index (κ2) is 5.67. The Hall–Kier alpha value is -2.14. The smallest absolute Gasteiger partial charge is 0.253 e. The zero-order chi connectivity index (χ0) is 13.8. The topological polar surface area (TPSA) is 67.2 Å². The van der Waals surface area contributed by atoms with Crippen molar-refractivity contribution in [3.05, 3.63) is 53.3 Å². The molecule has 5 heteroatoms. The molecule has 1 amide bonds. The molecule has 0 aliphatic heterocycles. The molecule has 1 atom stereocenters. The van der Waals surface area contributed by atoms with Crippen LogP contribution in [-0.4, -0.2) is 20.8 Å². The van der Waals surface area contributed by atoms with Crippen molar-refractivity contribution >= 4 is 5.91 Å². The van der Waals surface area contributed by atoms with E-state index in [-0.39, 0.29) is 0 Å². The Morgan fingerprint density at radius 1 is 1.42 bits per heavy atom. The Balaban J connectivity index is 1.97. The van der Waals surface area contributed by atoms with E-state index in [2.05, 4.69) is 10.4 Å². The summed E-state index contributed by atoms with van der Waals surface area (Å²) in [5.41, 5.74) is 2.52. The molecular formula is C14H17N3O2. The fourth-order valence-electron chi connectivity index (χ4n) is 1.78. The van der Waals surface area contributed by atoms with Crippen LogP contribution in [0.2, 0.25) is 0 Å². The van der Waals surface area contributed by atoms with E-state index in [1.807, 2.05) is 20.0 Å². The maximum Gasteiger partial charge on any atom is 0.253 e. The van der Waals surface area contributed by atoms with Crippen molar-refractivity contribution in [1.82, 2.24) is 15.1 Å². The highest BCUT2D eigenvalue weighted by atomic mass is 16.3. The summed E-state index contributed by atoms with van der Waals surface area (Å²) in [5.74, 6) is -0.408. The van der Waals surface area contributed by atoms with Crippen LogP contribution in [0, 0.1) is 6.92 Å². The number of amides is 1. The maximum absolute atomic E-state index is 11.8. The van der Waals surface area contributed by atoms with E-state index in [9.17, 15) is 9.90 Å². The van der Waals surface area contributed by atoms with Crippen molar-refractivity contribution in [2.45, 2.75) is 19.6 Å². The third kappa shape index (κ3) is 3.00. The van der Waals surface area contributed by atoms with Gasteiger partial charge in [0.15, 0.2) is 6.10 Å². The summed E-state index contributed by atoms with van der Waals surface area (Å²) in [7, 11) is 1.85. The lowest BCUT2D eigenvalue weighted by Crippen LogP contribution is -2.28. The van der Waals surface area contributed by atoms with Gasteiger partial charge < -0.3 is 10.4 Å². The van der Waals surface area contributed by atoms with Gasteiger partial charge in [-0.2, -0.15) is 5.10 Å². The Morgan fingerprint density at radius 3 is 2.68 bits per heavy atom. The summed E-state index contributed by atoms with van der Waals surface area (Å²) in [4.78, 5) is 11.8. The van der Waals surface area contributed by atoms with Crippen molar-refractivity contribution in [2.75, 3.05) is 0 Å². The van der Waals surface area contributed by atoms with E-state index in [1.54, 1.807) is 35.1 Å². The molecule has 2 aromatic rings. The summed E-state index contributed by atoms with van der Waals surface area (Å²) < 4.78 is 1.75. The number of benzene rings is 1. The molecule has 100 valence electrons. The van der Waals surface area contributed by atoms with Gasteiger partial charge in [0, 0.05) is 24.8 Å². The molecule has 19 heavy (non-hydrogen) atoms. The number of nitrogens with one attached hydrogen (secondary N) is 1. The Bertz CT molecular complexity index is 563. The number of carbonyl (C=O) groups excluding carboxylic acids is 1. The van der Waals surface area contributed by atoms with Gasteiger partial charge in [0.05, 0.1) is 6.20 Å². The van der Waals surface area contributed by atoms with E-state index in [1.165, 1.54) is 0 Å². The molecule has 0 spiro atoms. The van der Waals surface area contributed by atoms with Crippen LogP contribution in [0.4, 0.5) is 0 Å². The summed E-state index contributed by atoms with van der Waals surface area (Å²) in [5, 5.41) is 16.7. The summed E-state index contributed by atoms with van der Waals surface area (Å²) in [6.45, 7) is 2.30. The van der Waals surface area contributed by atoms with E-state index in [0.29, 0.717) is 12.1 Å². The minimum absolute atomic E-state index is 0.363. The Labute approximate surface area is 111 Å². The number of aliphatic hydroxyl groups excluding tert-OH is 1. The number of hydrogen-bond acceptors (Lipinski definition) is 3. The largest absolute Gasteiger partial charge is 0.378 e. The second-order valence-corrected chi connectivity index (χ2v) is 4.41. The molecule has 1 heterocycles. The average Bonchev–Trinajstić information content (AvgIpc) is 2.76. The molecule has 0 bridgehead atoms. The first-order valence-corrected chi connectivity index (χ1v) is 6.08. The van der Waals surface area contributed by atoms with Crippen LogP contribution < -0.4 is 5.32 Å². The van der Waals surface area contributed by atoms with Gasteiger partial charge in [-0.05, 0) is 12.5 Å². The van der Waals surface area contributed by atoms with Gasteiger partial charge in [0.1, 0.15) is 0 Å². The first kappa shape index (κ1) is 13.3. The van der Waals surface area contributed by atoms with Crippen molar-refractivity contribution in [3.8, 4) is 0 Å². The van der Waals surface area contributed by atoms with Crippen LogP contribution in [-0.2, 0) is 18.4 Å². The van der Waals surface area contributed by atoms with Gasteiger partial charge in [-0.3, -0.25) is 9.48 Å². The van der Waals surface area contributed by atoms with Gasteiger partial charge >= 0.3 is 0 Å². The summed E-state index contributed by atoms with van der Waals surface area (Å²) in [6, 6.07) is 8.86. The third-order valence-corrected chi connectivity index (χ3v) is 3.15. The molecule has 1 unspecified atom stereocenters. The SMILES string of the molecule is Cc1c(CNC(=O)C(O)c2ccccc2)cnn1C. The van der Waals surface area contributed by atoms with Gasteiger partial charge in [0.2, 0.25) is 0 Å². The van der Waals surface area contributed by atoms with Crippen LogP contribution in [0.15, 0.2) is 36.5 Å². The van der Waals surface area contributed by atoms with Crippen molar-refractivity contribution in [2.24, 2.45) is 7.05 Å². The van der Waals surface area contributed by atoms with Crippen LogP contribution in [0.25, 0.3) is 0 Å². The number of rotatable bonds is 4. The molecule has 0 fully saturated rings. The molecule has 1 aromatic heterocycles. The van der Waals surface area contributed by atoms with Crippen LogP contribution in [0.5, 0.6) is 0 Å². The van der Waals surface area contributed by atoms with Crippen LogP contribution in [0.3, 0.4) is 0 Å². The van der Waals surface area contributed by atoms with E-state index >= 15 is 0 Å². The maximum atomic E-state index is 11.8. The molecule has 1 aromatic carbocycles. The standard InChI is InChI=1S/C14H17N3O2/c1-10-12(9-16-17(10)2)8-15-14(19)13(18)11-6-4-3-5-7-11/h3-7,9,13,18H,8H2,1-2H3,(H,15,19). The van der Waals surface area contributed by atoms with Crippen molar-refractivity contribution in [1.29, 1.82) is 0 Å². The molecule has 0 saturated heterocycles. The highest BCUT2D eigenvalue weighted by Crippen LogP contribution is 2.12. The van der Waals surface area contributed by atoms with Crippen LogP contribution in [0.1, 0.15) is 22.9 Å². The number of carbonyl (C=O) groups is 1. The Morgan fingerprint density at radius 2 is 2.11 bits per heavy atom. The highest BCUT2D eigenvalue weighted by Gasteiger charge is 2.17. The molecular weight excluding hydrogens is 242 g/mol. The van der Waals surface area contributed by atoms with Crippen LogP contribution >= 0.6 is 0 Å².